The third kappa shape index (κ3) is 5.00. The van der Waals surface area contributed by atoms with Gasteiger partial charge in [-0.05, 0) is 18.4 Å². The van der Waals surface area contributed by atoms with Crippen LogP contribution in [0.4, 0.5) is 5.82 Å². The molecule has 1 fully saturated rings. The van der Waals surface area contributed by atoms with Gasteiger partial charge in [-0.25, -0.2) is 4.98 Å². The van der Waals surface area contributed by atoms with Crippen LogP contribution in [-0.2, 0) is 11.2 Å². The monoisotopic (exact) mass is 340 g/mol. The quantitative estimate of drug-likeness (QED) is 0.831. The molecule has 0 saturated carbocycles. The molecule has 1 amide bonds. The van der Waals surface area contributed by atoms with Crippen molar-refractivity contribution in [2.45, 2.75) is 25.4 Å². The third-order valence-corrected chi connectivity index (χ3v) is 4.57. The summed E-state index contributed by atoms with van der Waals surface area (Å²) in [4.78, 5) is 22.9. The lowest BCUT2D eigenvalue weighted by Gasteiger charge is -2.32. The maximum Gasteiger partial charge on any atom is 0.223 e. The van der Waals surface area contributed by atoms with Crippen LogP contribution in [0.3, 0.4) is 0 Å². The fourth-order valence-electron chi connectivity index (χ4n) is 3.15. The zero-order valence-corrected chi connectivity index (χ0v) is 14.2. The molecule has 6 nitrogen and oxygen atoms in total. The van der Waals surface area contributed by atoms with Crippen molar-refractivity contribution >= 4 is 11.7 Å². The van der Waals surface area contributed by atoms with E-state index in [2.05, 4.69) is 20.2 Å². The summed E-state index contributed by atoms with van der Waals surface area (Å²) < 4.78 is 0. The highest BCUT2D eigenvalue weighted by molar-refractivity contribution is 5.79. The van der Waals surface area contributed by atoms with E-state index in [-0.39, 0.29) is 18.4 Å². The molecular formula is C19H24N4O2. The van der Waals surface area contributed by atoms with Gasteiger partial charge in [0, 0.05) is 44.4 Å². The first-order valence-electron chi connectivity index (χ1n) is 8.73. The summed E-state index contributed by atoms with van der Waals surface area (Å²) in [7, 11) is 0. The van der Waals surface area contributed by atoms with Crippen molar-refractivity contribution in [3.05, 3.63) is 54.5 Å². The van der Waals surface area contributed by atoms with Gasteiger partial charge in [0.15, 0.2) is 0 Å². The highest BCUT2D eigenvalue weighted by Crippen LogP contribution is 2.21. The number of aromatic nitrogens is 2. The van der Waals surface area contributed by atoms with Crippen molar-refractivity contribution < 1.29 is 9.90 Å². The van der Waals surface area contributed by atoms with Gasteiger partial charge in [0.2, 0.25) is 5.91 Å². The lowest BCUT2D eigenvalue weighted by atomic mass is 9.96. The smallest absolute Gasteiger partial charge is 0.223 e. The number of piperidine rings is 1. The molecule has 1 aliphatic heterocycles. The molecule has 1 saturated heterocycles. The molecule has 1 aliphatic rings. The van der Waals surface area contributed by atoms with Crippen LogP contribution in [0.5, 0.6) is 0 Å². The summed E-state index contributed by atoms with van der Waals surface area (Å²) in [5.41, 5.74) is 1.07. The summed E-state index contributed by atoms with van der Waals surface area (Å²) in [6.07, 6.45) is 6.65. The lowest BCUT2D eigenvalue weighted by Crippen LogP contribution is -2.43. The minimum Gasteiger partial charge on any atom is -0.391 e. The van der Waals surface area contributed by atoms with Crippen LogP contribution in [-0.4, -0.2) is 46.7 Å². The van der Waals surface area contributed by atoms with Gasteiger partial charge in [-0.3, -0.25) is 9.78 Å². The van der Waals surface area contributed by atoms with Gasteiger partial charge >= 0.3 is 0 Å². The van der Waals surface area contributed by atoms with Crippen molar-refractivity contribution in [3.8, 4) is 0 Å². The van der Waals surface area contributed by atoms with E-state index in [1.807, 2.05) is 30.3 Å². The van der Waals surface area contributed by atoms with E-state index < -0.39 is 6.10 Å². The average Bonchev–Trinajstić information content (AvgIpc) is 2.68. The number of amides is 1. The Bertz CT molecular complexity index is 658. The van der Waals surface area contributed by atoms with Gasteiger partial charge in [-0.2, -0.15) is 0 Å². The summed E-state index contributed by atoms with van der Waals surface area (Å²) in [5, 5.41) is 13.0. The van der Waals surface area contributed by atoms with Gasteiger partial charge in [-0.15, -0.1) is 0 Å². The predicted octanol–water partition coefficient (Wildman–Crippen LogP) is 1.41. The first-order chi connectivity index (χ1) is 12.2. The fraction of sp³-hybridized carbons (Fsp3) is 0.421. The van der Waals surface area contributed by atoms with E-state index in [9.17, 15) is 9.90 Å². The molecule has 132 valence electrons. The van der Waals surface area contributed by atoms with Crippen LogP contribution in [0.15, 0.2) is 48.9 Å². The molecule has 1 aromatic carbocycles. The summed E-state index contributed by atoms with van der Waals surface area (Å²) in [6, 6.07) is 9.81. The molecule has 6 heteroatoms. The summed E-state index contributed by atoms with van der Waals surface area (Å²) in [5.74, 6) is 0.891. The predicted molar refractivity (Wildman–Crippen MR) is 96.1 cm³/mol. The van der Waals surface area contributed by atoms with Crippen molar-refractivity contribution in [2.75, 3.05) is 24.5 Å². The number of carbonyl (C=O) groups is 1. The fourth-order valence-corrected chi connectivity index (χ4v) is 3.15. The highest BCUT2D eigenvalue weighted by Gasteiger charge is 2.25. The van der Waals surface area contributed by atoms with Gasteiger partial charge in [-0.1, -0.05) is 30.3 Å². The maximum atomic E-state index is 12.3. The molecule has 1 aromatic heterocycles. The van der Waals surface area contributed by atoms with Crippen molar-refractivity contribution in [1.82, 2.24) is 15.3 Å². The number of hydrogen-bond acceptors (Lipinski definition) is 5. The van der Waals surface area contributed by atoms with Gasteiger partial charge in [0.25, 0.3) is 0 Å². The first kappa shape index (κ1) is 17.4. The molecule has 1 unspecified atom stereocenters. The molecule has 0 spiro atoms. The Balaban J connectivity index is 1.40. The number of hydrogen-bond donors (Lipinski definition) is 2. The van der Waals surface area contributed by atoms with E-state index in [1.54, 1.807) is 18.6 Å². The van der Waals surface area contributed by atoms with Crippen LogP contribution in [0.2, 0.25) is 0 Å². The standard InChI is InChI=1S/C19H24N4O2/c24-17(12-15-4-2-1-3-5-15)13-22-19(25)16-6-10-23(11-7-16)18-14-20-8-9-21-18/h1-5,8-9,14,16-17,24H,6-7,10-13H2,(H,22,25). The van der Waals surface area contributed by atoms with E-state index in [4.69, 9.17) is 0 Å². The highest BCUT2D eigenvalue weighted by atomic mass is 16.3. The second-order valence-electron chi connectivity index (χ2n) is 6.41. The number of aliphatic hydroxyl groups is 1. The second kappa shape index (κ2) is 8.58. The van der Waals surface area contributed by atoms with Crippen LogP contribution >= 0.6 is 0 Å². The molecule has 0 aliphatic carbocycles. The van der Waals surface area contributed by atoms with Crippen molar-refractivity contribution in [1.29, 1.82) is 0 Å². The van der Waals surface area contributed by atoms with Crippen LogP contribution in [0.1, 0.15) is 18.4 Å². The summed E-state index contributed by atoms with van der Waals surface area (Å²) >= 11 is 0. The first-order valence-corrected chi connectivity index (χ1v) is 8.73. The molecular weight excluding hydrogens is 316 g/mol. The molecule has 2 aromatic rings. The Labute approximate surface area is 147 Å². The number of benzene rings is 1. The second-order valence-corrected chi connectivity index (χ2v) is 6.41. The van der Waals surface area contributed by atoms with Gasteiger partial charge in [0.1, 0.15) is 5.82 Å². The number of aliphatic hydroxyl groups excluding tert-OH is 1. The molecule has 0 bridgehead atoms. The SMILES string of the molecule is O=C(NCC(O)Cc1ccccc1)C1CCN(c2cnccn2)CC1. The van der Waals surface area contributed by atoms with E-state index in [0.717, 1.165) is 37.3 Å². The lowest BCUT2D eigenvalue weighted by molar-refractivity contribution is -0.126. The molecule has 0 radical (unpaired) electrons. The normalized spacial score (nSPS) is 16.4. The zero-order valence-electron chi connectivity index (χ0n) is 14.2. The van der Waals surface area contributed by atoms with Crippen molar-refractivity contribution in [2.24, 2.45) is 5.92 Å². The van der Waals surface area contributed by atoms with Gasteiger partial charge < -0.3 is 15.3 Å². The number of nitrogens with zero attached hydrogens (tertiary/aromatic N) is 3. The topological polar surface area (TPSA) is 78.4 Å². The molecule has 2 N–H and O–H groups in total. The average molecular weight is 340 g/mol. The van der Waals surface area contributed by atoms with E-state index >= 15 is 0 Å². The Morgan fingerprint density at radius 3 is 2.68 bits per heavy atom. The van der Waals surface area contributed by atoms with Crippen molar-refractivity contribution in [3.63, 3.8) is 0 Å². The maximum absolute atomic E-state index is 12.3. The third-order valence-electron chi connectivity index (χ3n) is 4.57. The van der Waals surface area contributed by atoms with E-state index in [1.165, 1.54) is 0 Å². The Kier molecular flexibility index (Phi) is 5.95. The zero-order chi connectivity index (χ0) is 17.5. The number of rotatable bonds is 6. The molecule has 3 rings (SSSR count). The molecule has 1 atom stereocenters. The largest absolute Gasteiger partial charge is 0.391 e. The number of anilines is 1. The Hall–Kier alpha value is -2.47. The number of carbonyl (C=O) groups excluding carboxylic acids is 1. The number of nitrogens with one attached hydrogen (secondary N) is 1. The molecule has 25 heavy (non-hydrogen) atoms. The van der Waals surface area contributed by atoms with Crippen LogP contribution < -0.4 is 10.2 Å². The van der Waals surface area contributed by atoms with Crippen LogP contribution in [0, 0.1) is 5.92 Å². The van der Waals surface area contributed by atoms with Crippen LogP contribution in [0.25, 0.3) is 0 Å². The minimum absolute atomic E-state index is 0.00292. The van der Waals surface area contributed by atoms with E-state index in [0.29, 0.717) is 6.42 Å². The van der Waals surface area contributed by atoms with Gasteiger partial charge in [0.05, 0.1) is 12.3 Å². The molecule has 2 heterocycles. The minimum atomic E-state index is -0.564. The summed E-state index contributed by atoms with van der Waals surface area (Å²) in [6.45, 7) is 1.88. The Morgan fingerprint density at radius 2 is 2.00 bits per heavy atom. The Morgan fingerprint density at radius 1 is 1.24 bits per heavy atom.